The Morgan fingerprint density at radius 2 is 1.84 bits per heavy atom. The fraction of sp³-hybridized carbons (Fsp3) is 0.294. The first kappa shape index (κ1) is 16.7. The molecule has 3 rings (SSSR count). The molecule has 1 aliphatic heterocycles. The van der Waals surface area contributed by atoms with E-state index in [2.05, 4.69) is 20.4 Å². The first-order valence-electron chi connectivity index (χ1n) is 8.00. The Hall–Kier alpha value is -3.16. The van der Waals surface area contributed by atoms with E-state index in [0.717, 1.165) is 12.2 Å². The van der Waals surface area contributed by atoms with Gasteiger partial charge in [-0.2, -0.15) is 0 Å². The van der Waals surface area contributed by atoms with Gasteiger partial charge in [-0.15, -0.1) is 10.2 Å². The molecule has 8 nitrogen and oxygen atoms in total. The maximum absolute atomic E-state index is 11.9. The number of rotatable bonds is 6. The van der Waals surface area contributed by atoms with E-state index in [-0.39, 0.29) is 12.5 Å². The fourth-order valence-electron chi connectivity index (χ4n) is 2.46. The minimum atomic E-state index is -0.300. The van der Waals surface area contributed by atoms with Crippen molar-refractivity contribution in [1.82, 2.24) is 15.1 Å². The molecule has 0 aliphatic carbocycles. The molecule has 2 aromatic rings. The van der Waals surface area contributed by atoms with Gasteiger partial charge in [0.1, 0.15) is 5.75 Å². The van der Waals surface area contributed by atoms with Gasteiger partial charge in [0.25, 0.3) is 5.91 Å². The zero-order valence-corrected chi connectivity index (χ0v) is 13.7. The van der Waals surface area contributed by atoms with Crippen LogP contribution in [-0.2, 0) is 9.59 Å². The number of ether oxygens (including phenoxy) is 1. The third kappa shape index (κ3) is 4.66. The molecule has 0 unspecified atom stereocenters. The first-order valence-corrected chi connectivity index (χ1v) is 8.00. The van der Waals surface area contributed by atoms with E-state index in [4.69, 9.17) is 4.74 Å². The Bertz CT molecular complexity index is 700. The summed E-state index contributed by atoms with van der Waals surface area (Å²) < 4.78 is 5.38. The Kier molecular flexibility index (Phi) is 5.40. The van der Waals surface area contributed by atoms with Crippen LogP contribution in [0.25, 0.3) is 0 Å². The lowest BCUT2D eigenvalue weighted by atomic mass is 10.3. The average Bonchev–Trinajstić information content (AvgIpc) is 2.68. The highest BCUT2D eigenvalue weighted by Crippen LogP contribution is 2.14. The number of hydrogen-bond acceptors (Lipinski definition) is 6. The molecule has 0 saturated carbocycles. The van der Waals surface area contributed by atoms with Crippen molar-refractivity contribution in [2.75, 3.05) is 43.0 Å². The molecule has 8 heteroatoms. The number of carbonyl (C=O) groups excluding carboxylic acids is 2. The van der Waals surface area contributed by atoms with Crippen LogP contribution in [0.5, 0.6) is 5.75 Å². The second-order valence-corrected chi connectivity index (χ2v) is 5.56. The molecule has 0 spiro atoms. The second kappa shape index (κ2) is 8.09. The van der Waals surface area contributed by atoms with Crippen molar-refractivity contribution in [3.8, 4) is 5.75 Å². The highest BCUT2D eigenvalue weighted by molar-refractivity contribution is 5.90. The van der Waals surface area contributed by atoms with Crippen LogP contribution in [0.3, 0.4) is 0 Å². The number of benzene rings is 1. The number of hydrogen-bond donors (Lipinski definition) is 1. The summed E-state index contributed by atoms with van der Waals surface area (Å²) in [6.45, 7) is 2.66. The van der Waals surface area contributed by atoms with Gasteiger partial charge in [0.15, 0.2) is 18.2 Å². The lowest BCUT2D eigenvalue weighted by molar-refractivity contribution is -0.119. The van der Waals surface area contributed by atoms with E-state index >= 15 is 0 Å². The van der Waals surface area contributed by atoms with E-state index in [1.54, 1.807) is 29.2 Å². The van der Waals surface area contributed by atoms with Gasteiger partial charge in [0.05, 0.1) is 0 Å². The quantitative estimate of drug-likeness (QED) is 0.781. The highest BCUT2D eigenvalue weighted by atomic mass is 16.5. The van der Waals surface area contributed by atoms with Crippen molar-refractivity contribution in [3.63, 3.8) is 0 Å². The predicted molar refractivity (Wildman–Crippen MR) is 92.4 cm³/mol. The number of amides is 2. The zero-order valence-electron chi connectivity index (χ0n) is 13.7. The predicted octanol–water partition coefficient (Wildman–Crippen LogP) is 0.772. The van der Waals surface area contributed by atoms with Crippen molar-refractivity contribution in [1.29, 1.82) is 0 Å². The fourth-order valence-corrected chi connectivity index (χ4v) is 2.46. The van der Waals surface area contributed by atoms with Gasteiger partial charge in [-0.3, -0.25) is 9.59 Å². The molecule has 1 aliphatic rings. The molecule has 1 saturated heterocycles. The Balaban J connectivity index is 1.49. The smallest absolute Gasteiger partial charge is 0.263 e. The lowest BCUT2D eigenvalue weighted by Gasteiger charge is -2.32. The third-order valence-corrected chi connectivity index (χ3v) is 3.82. The van der Waals surface area contributed by atoms with E-state index in [1.165, 1.54) is 0 Å². The molecular formula is C17H19N5O3. The average molecular weight is 341 g/mol. The number of nitrogens with zero attached hydrogens (tertiary/aromatic N) is 4. The van der Waals surface area contributed by atoms with Gasteiger partial charge in [0, 0.05) is 26.2 Å². The molecule has 0 atom stereocenters. The summed E-state index contributed by atoms with van der Waals surface area (Å²) in [6, 6.07) is 12.6. The Labute approximate surface area is 145 Å². The van der Waals surface area contributed by atoms with Gasteiger partial charge in [0.2, 0.25) is 6.41 Å². The molecule has 130 valence electrons. The largest absolute Gasteiger partial charge is 0.484 e. The van der Waals surface area contributed by atoms with Gasteiger partial charge in [-0.05, 0) is 24.3 Å². The van der Waals surface area contributed by atoms with Gasteiger partial charge >= 0.3 is 0 Å². The molecule has 0 bridgehead atoms. The van der Waals surface area contributed by atoms with Crippen LogP contribution in [0, 0.1) is 0 Å². The minimum Gasteiger partial charge on any atom is -0.484 e. The molecule has 1 N–H and O–H groups in total. The van der Waals surface area contributed by atoms with Crippen LogP contribution in [0.4, 0.5) is 11.6 Å². The Morgan fingerprint density at radius 3 is 2.48 bits per heavy atom. The Morgan fingerprint density at radius 1 is 1.08 bits per heavy atom. The molecule has 1 aromatic heterocycles. The van der Waals surface area contributed by atoms with E-state index in [1.807, 2.05) is 18.2 Å². The van der Waals surface area contributed by atoms with Crippen molar-refractivity contribution in [3.05, 3.63) is 42.5 Å². The summed E-state index contributed by atoms with van der Waals surface area (Å²) in [5.41, 5.74) is 0. The summed E-state index contributed by atoms with van der Waals surface area (Å²) >= 11 is 0. The van der Waals surface area contributed by atoms with E-state index in [0.29, 0.717) is 37.7 Å². The van der Waals surface area contributed by atoms with Crippen molar-refractivity contribution >= 4 is 24.0 Å². The molecule has 25 heavy (non-hydrogen) atoms. The van der Waals surface area contributed by atoms with Gasteiger partial charge < -0.3 is 19.9 Å². The first-order chi connectivity index (χ1) is 12.2. The number of nitrogens with one attached hydrogen (secondary N) is 1. The molecule has 0 radical (unpaired) electrons. The highest BCUT2D eigenvalue weighted by Gasteiger charge is 2.17. The van der Waals surface area contributed by atoms with Crippen molar-refractivity contribution < 1.29 is 14.3 Å². The van der Waals surface area contributed by atoms with Crippen LogP contribution >= 0.6 is 0 Å². The maximum atomic E-state index is 11.9. The molecule has 2 amide bonds. The summed E-state index contributed by atoms with van der Waals surface area (Å²) in [5, 5.41) is 10.8. The van der Waals surface area contributed by atoms with Crippen molar-refractivity contribution in [2.24, 2.45) is 0 Å². The van der Waals surface area contributed by atoms with Gasteiger partial charge in [-0.1, -0.05) is 18.2 Å². The minimum absolute atomic E-state index is 0.0961. The van der Waals surface area contributed by atoms with Crippen LogP contribution in [-0.4, -0.2) is 60.2 Å². The zero-order chi connectivity index (χ0) is 17.5. The third-order valence-electron chi connectivity index (χ3n) is 3.82. The summed E-state index contributed by atoms with van der Waals surface area (Å²) in [5.74, 6) is 1.43. The number of carbonyl (C=O) groups is 2. The van der Waals surface area contributed by atoms with Crippen LogP contribution < -0.4 is 15.0 Å². The number of aromatic nitrogens is 2. The maximum Gasteiger partial charge on any atom is 0.263 e. The summed E-state index contributed by atoms with van der Waals surface area (Å²) in [4.78, 5) is 26.4. The normalized spacial score (nSPS) is 14.1. The molecule has 1 fully saturated rings. The number of anilines is 2. The van der Waals surface area contributed by atoms with Crippen LogP contribution in [0.2, 0.25) is 0 Å². The van der Waals surface area contributed by atoms with E-state index in [9.17, 15) is 9.59 Å². The van der Waals surface area contributed by atoms with Crippen LogP contribution in [0.15, 0.2) is 42.5 Å². The molecule has 1 aromatic carbocycles. The monoisotopic (exact) mass is 341 g/mol. The second-order valence-electron chi connectivity index (χ2n) is 5.56. The molecular weight excluding hydrogens is 322 g/mol. The van der Waals surface area contributed by atoms with Gasteiger partial charge in [-0.25, -0.2) is 0 Å². The standard InChI is InChI=1S/C17H19N5O3/c23-13-21-8-10-22(11-9-21)16-7-6-15(19-20-16)18-17(24)12-25-14-4-2-1-3-5-14/h1-7,13H,8-12H2,(H,18,19,24). The van der Waals surface area contributed by atoms with E-state index < -0.39 is 0 Å². The SMILES string of the molecule is O=CN1CCN(c2ccc(NC(=O)COc3ccccc3)nn2)CC1. The number of piperazine rings is 1. The summed E-state index contributed by atoms with van der Waals surface area (Å²) in [7, 11) is 0. The van der Waals surface area contributed by atoms with Crippen LogP contribution in [0.1, 0.15) is 0 Å². The van der Waals surface area contributed by atoms with Crippen molar-refractivity contribution in [2.45, 2.75) is 0 Å². The summed E-state index contributed by atoms with van der Waals surface area (Å²) in [6.07, 6.45) is 0.860. The topological polar surface area (TPSA) is 87.7 Å². The molecule has 2 heterocycles. The number of para-hydroxylation sites is 1. The lowest BCUT2D eigenvalue weighted by Crippen LogP contribution is -2.46.